The largest absolute Gasteiger partial charge is 0.378 e. The van der Waals surface area contributed by atoms with Gasteiger partial charge in [-0.15, -0.1) is 0 Å². The van der Waals surface area contributed by atoms with E-state index in [2.05, 4.69) is 24.3 Å². The highest BCUT2D eigenvalue weighted by molar-refractivity contribution is 5.76. The molecule has 1 aromatic rings. The number of carbonyl (C=O) groups excluding carboxylic acids is 1. The van der Waals surface area contributed by atoms with Crippen LogP contribution in [0.1, 0.15) is 30.8 Å². The molecule has 0 radical (unpaired) electrons. The summed E-state index contributed by atoms with van der Waals surface area (Å²) in [5, 5.41) is 7.93. The second-order valence-electron chi connectivity index (χ2n) is 5.84. The molecule has 1 aliphatic heterocycles. The van der Waals surface area contributed by atoms with Gasteiger partial charge in [-0.2, -0.15) is 5.10 Å². The van der Waals surface area contributed by atoms with Crippen LogP contribution in [0.25, 0.3) is 0 Å². The van der Waals surface area contributed by atoms with Crippen molar-refractivity contribution in [2.24, 2.45) is 0 Å². The van der Waals surface area contributed by atoms with E-state index in [0.29, 0.717) is 38.9 Å². The van der Waals surface area contributed by atoms with Crippen LogP contribution in [-0.4, -0.2) is 52.9 Å². The maximum atomic E-state index is 12.3. The lowest BCUT2D eigenvalue weighted by molar-refractivity contribution is -0.136. The number of carbonyl (C=O) groups is 1. The number of hydrogen-bond donors (Lipinski definition) is 1. The van der Waals surface area contributed by atoms with Crippen LogP contribution in [0.3, 0.4) is 0 Å². The Kier molecular flexibility index (Phi) is 5.36. The van der Waals surface area contributed by atoms with Crippen molar-refractivity contribution in [2.45, 2.75) is 46.8 Å². The molecule has 2 rings (SSSR count). The maximum absolute atomic E-state index is 12.3. The molecular formula is C15H26N4O2. The summed E-state index contributed by atoms with van der Waals surface area (Å²) in [5.74, 6) is 0.118. The fraction of sp³-hybridized carbons (Fsp3) is 0.733. The van der Waals surface area contributed by atoms with Crippen molar-refractivity contribution in [2.75, 3.05) is 26.3 Å². The third kappa shape index (κ3) is 4.04. The molecule has 6 nitrogen and oxygen atoms in total. The Morgan fingerprint density at radius 1 is 1.33 bits per heavy atom. The smallest absolute Gasteiger partial charge is 0.244 e. The van der Waals surface area contributed by atoms with Crippen LogP contribution >= 0.6 is 0 Å². The molecule has 1 amide bonds. The van der Waals surface area contributed by atoms with Crippen LogP contribution in [0, 0.1) is 13.8 Å². The summed E-state index contributed by atoms with van der Waals surface area (Å²) < 4.78 is 7.10. The normalized spacial score (nSPS) is 15.8. The van der Waals surface area contributed by atoms with Crippen LogP contribution in [0.4, 0.5) is 0 Å². The lowest BCUT2D eigenvalue weighted by atomic mass is 10.2. The van der Waals surface area contributed by atoms with Gasteiger partial charge in [0, 0.05) is 36.9 Å². The molecule has 21 heavy (non-hydrogen) atoms. The second kappa shape index (κ2) is 7.04. The predicted molar refractivity (Wildman–Crippen MR) is 81.1 cm³/mol. The number of aromatic nitrogens is 2. The van der Waals surface area contributed by atoms with Crippen molar-refractivity contribution < 1.29 is 9.53 Å². The van der Waals surface area contributed by atoms with E-state index in [9.17, 15) is 4.79 Å². The Labute approximate surface area is 126 Å². The maximum Gasteiger partial charge on any atom is 0.244 e. The van der Waals surface area contributed by atoms with E-state index >= 15 is 0 Å². The fourth-order valence-electron chi connectivity index (χ4n) is 2.49. The van der Waals surface area contributed by atoms with Crippen LogP contribution in [0.15, 0.2) is 0 Å². The van der Waals surface area contributed by atoms with E-state index in [4.69, 9.17) is 4.74 Å². The second-order valence-corrected chi connectivity index (χ2v) is 5.84. The van der Waals surface area contributed by atoms with Gasteiger partial charge in [0.2, 0.25) is 5.91 Å². The number of amides is 1. The molecule has 0 saturated carbocycles. The van der Waals surface area contributed by atoms with Crippen molar-refractivity contribution >= 4 is 5.91 Å². The minimum atomic E-state index is 0.118. The number of nitrogens with one attached hydrogen (secondary N) is 1. The average molecular weight is 294 g/mol. The lowest BCUT2D eigenvalue weighted by Crippen LogP contribution is -2.42. The zero-order valence-corrected chi connectivity index (χ0v) is 13.5. The Hall–Kier alpha value is -1.40. The van der Waals surface area contributed by atoms with Crippen molar-refractivity contribution in [3.8, 4) is 0 Å². The van der Waals surface area contributed by atoms with Gasteiger partial charge in [-0.1, -0.05) is 13.8 Å². The van der Waals surface area contributed by atoms with Crippen LogP contribution in [-0.2, 0) is 22.6 Å². The summed E-state index contributed by atoms with van der Waals surface area (Å²) >= 11 is 0. The SMILES string of the molecule is Cc1nn(CC(=O)N2CCOCC2)c(C)c1CNC(C)C. The topological polar surface area (TPSA) is 59.4 Å². The lowest BCUT2D eigenvalue weighted by Gasteiger charge is -2.26. The number of morpholine rings is 1. The van der Waals surface area contributed by atoms with Gasteiger partial charge >= 0.3 is 0 Å². The number of nitrogens with zero attached hydrogens (tertiary/aromatic N) is 3. The molecule has 0 spiro atoms. The molecule has 0 unspecified atom stereocenters. The highest BCUT2D eigenvalue weighted by atomic mass is 16.5. The molecule has 0 aromatic carbocycles. The highest BCUT2D eigenvalue weighted by Crippen LogP contribution is 2.13. The van der Waals surface area contributed by atoms with Gasteiger partial charge in [-0.25, -0.2) is 0 Å². The number of ether oxygens (including phenoxy) is 1. The van der Waals surface area contributed by atoms with Gasteiger partial charge in [0.05, 0.1) is 18.9 Å². The fourth-order valence-corrected chi connectivity index (χ4v) is 2.49. The minimum absolute atomic E-state index is 0.118. The van der Waals surface area contributed by atoms with Gasteiger partial charge in [0.1, 0.15) is 6.54 Å². The Balaban J connectivity index is 2.03. The number of rotatable bonds is 5. The molecule has 1 fully saturated rings. The molecule has 1 N–H and O–H groups in total. The number of aryl methyl sites for hydroxylation is 1. The van der Waals surface area contributed by atoms with Crippen LogP contribution < -0.4 is 5.32 Å². The van der Waals surface area contributed by atoms with Gasteiger partial charge in [-0.05, 0) is 13.8 Å². The van der Waals surface area contributed by atoms with E-state index in [0.717, 1.165) is 17.9 Å². The third-order valence-electron chi connectivity index (χ3n) is 3.87. The average Bonchev–Trinajstić information content (AvgIpc) is 2.72. The zero-order valence-electron chi connectivity index (χ0n) is 13.5. The molecule has 118 valence electrons. The molecule has 0 aliphatic carbocycles. The van der Waals surface area contributed by atoms with E-state index in [1.54, 1.807) is 0 Å². The standard InChI is InChI=1S/C15H26N4O2/c1-11(2)16-9-14-12(3)17-19(13(14)4)10-15(20)18-5-7-21-8-6-18/h11,16H,5-10H2,1-4H3. The van der Waals surface area contributed by atoms with Crippen LogP contribution in [0.2, 0.25) is 0 Å². The summed E-state index contributed by atoms with van der Waals surface area (Å²) in [6, 6.07) is 0.433. The third-order valence-corrected chi connectivity index (χ3v) is 3.87. The Bertz CT molecular complexity index is 490. The number of hydrogen-bond acceptors (Lipinski definition) is 4. The minimum Gasteiger partial charge on any atom is -0.378 e. The molecular weight excluding hydrogens is 268 g/mol. The van der Waals surface area contributed by atoms with E-state index in [1.165, 1.54) is 5.56 Å². The van der Waals surface area contributed by atoms with E-state index in [1.807, 2.05) is 23.4 Å². The monoisotopic (exact) mass is 294 g/mol. The van der Waals surface area contributed by atoms with E-state index in [-0.39, 0.29) is 5.91 Å². The summed E-state index contributed by atoms with van der Waals surface area (Å²) in [6.45, 7) is 12.0. The molecule has 1 aromatic heterocycles. The van der Waals surface area contributed by atoms with Crippen molar-refractivity contribution in [3.63, 3.8) is 0 Å². The molecule has 0 bridgehead atoms. The summed E-state index contributed by atoms with van der Waals surface area (Å²) in [4.78, 5) is 14.2. The highest BCUT2D eigenvalue weighted by Gasteiger charge is 2.19. The van der Waals surface area contributed by atoms with Crippen LogP contribution in [0.5, 0.6) is 0 Å². The van der Waals surface area contributed by atoms with Gasteiger partial charge < -0.3 is 15.0 Å². The molecule has 1 aliphatic rings. The summed E-state index contributed by atoms with van der Waals surface area (Å²) in [5.41, 5.74) is 3.26. The molecule has 1 saturated heterocycles. The molecule has 6 heteroatoms. The first-order valence-electron chi connectivity index (χ1n) is 7.61. The van der Waals surface area contributed by atoms with Crippen molar-refractivity contribution in [3.05, 3.63) is 17.0 Å². The first-order chi connectivity index (χ1) is 9.99. The zero-order chi connectivity index (χ0) is 15.4. The predicted octanol–water partition coefficient (Wildman–Crippen LogP) is 0.857. The first-order valence-corrected chi connectivity index (χ1v) is 7.61. The Morgan fingerprint density at radius 2 is 2.00 bits per heavy atom. The van der Waals surface area contributed by atoms with Crippen molar-refractivity contribution in [1.29, 1.82) is 0 Å². The summed E-state index contributed by atoms with van der Waals surface area (Å²) in [7, 11) is 0. The van der Waals surface area contributed by atoms with E-state index < -0.39 is 0 Å². The quantitative estimate of drug-likeness (QED) is 0.875. The van der Waals surface area contributed by atoms with Gasteiger partial charge in [-0.3, -0.25) is 9.48 Å². The van der Waals surface area contributed by atoms with Crippen molar-refractivity contribution in [1.82, 2.24) is 20.0 Å². The molecule has 2 heterocycles. The van der Waals surface area contributed by atoms with Gasteiger partial charge in [0.15, 0.2) is 0 Å². The summed E-state index contributed by atoms with van der Waals surface area (Å²) in [6.07, 6.45) is 0. The molecule has 0 atom stereocenters. The first kappa shape index (κ1) is 16.0. The van der Waals surface area contributed by atoms with Gasteiger partial charge in [0.25, 0.3) is 0 Å². The Morgan fingerprint density at radius 3 is 2.62 bits per heavy atom.